The van der Waals surface area contributed by atoms with Crippen LogP contribution in [0.3, 0.4) is 0 Å². The zero-order chi connectivity index (χ0) is 14.8. The van der Waals surface area contributed by atoms with Gasteiger partial charge in [-0.2, -0.15) is 5.10 Å². The lowest BCUT2D eigenvalue weighted by molar-refractivity contribution is -0.115. The molecular weight excluding hydrogens is 262 g/mol. The summed E-state index contributed by atoms with van der Waals surface area (Å²) in [6.07, 6.45) is 0.356. The molecule has 0 saturated carbocycles. The Balaban J connectivity index is 1.79. The van der Waals surface area contributed by atoms with E-state index in [1.807, 2.05) is 44.2 Å². The highest BCUT2D eigenvalue weighted by Crippen LogP contribution is 2.20. The standard InChI is InChI=1S/C17H17N3O/c1-11-7-8-12(2)13(9-11)10-16(21)18-17-14-5-3-4-6-15(14)19-20-17/h3-9H,10H2,1-2H3,(H2,18,19,20,21). The van der Waals surface area contributed by atoms with Crippen LogP contribution < -0.4 is 5.32 Å². The highest BCUT2D eigenvalue weighted by atomic mass is 16.1. The van der Waals surface area contributed by atoms with Crippen LogP contribution in [0.1, 0.15) is 16.7 Å². The number of carbonyl (C=O) groups excluding carboxylic acids is 1. The number of hydrogen-bond acceptors (Lipinski definition) is 2. The first-order valence-corrected chi connectivity index (χ1v) is 6.92. The van der Waals surface area contributed by atoms with Gasteiger partial charge in [-0.15, -0.1) is 0 Å². The van der Waals surface area contributed by atoms with Crippen molar-refractivity contribution >= 4 is 22.6 Å². The molecule has 2 aromatic carbocycles. The Morgan fingerprint density at radius 2 is 2.00 bits per heavy atom. The normalized spacial score (nSPS) is 10.8. The van der Waals surface area contributed by atoms with Gasteiger partial charge in [0.05, 0.1) is 11.9 Å². The highest BCUT2D eigenvalue weighted by molar-refractivity contribution is 6.00. The summed E-state index contributed by atoms with van der Waals surface area (Å²) in [5, 5.41) is 10.9. The van der Waals surface area contributed by atoms with Crippen molar-refractivity contribution in [1.29, 1.82) is 0 Å². The maximum Gasteiger partial charge on any atom is 0.230 e. The van der Waals surface area contributed by atoms with Gasteiger partial charge in [0.15, 0.2) is 5.82 Å². The number of rotatable bonds is 3. The van der Waals surface area contributed by atoms with Crippen LogP contribution in [0.5, 0.6) is 0 Å². The second-order valence-corrected chi connectivity index (χ2v) is 5.27. The fourth-order valence-corrected chi connectivity index (χ4v) is 2.40. The van der Waals surface area contributed by atoms with Gasteiger partial charge in [-0.05, 0) is 37.1 Å². The van der Waals surface area contributed by atoms with Crippen molar-refractivity contribution in [3.8, 4) is 0 Å². The molecule has 106 valence electrons. The fourth-order valence-electron chi connectivity index (χ4n) is 2.40. The molecular formula is C17H17N3O. The molecule has 4 heteroatoms. The summed E-state index contributed by atoms with van der Waals surface area (Å²) in [4.78, 5) is 12.2. The minimum Gasteiger partial charge on any atom is -0.308 e. The van der Waals surface area contributed by atoms with Gasteiger partial charge in [0.1, 0.15) is 0 Å². The summed E-state index contributed by atoms with van der Waals surface area (Å²) >= 11 is 0. The number of nitrogens with zero attached hydrogens (tertiary/aromatic N) is 1. The molecule has 1 amide bonds. The third-order valence-corrected chi connectivity index (χ3v) is 3.58. The number of anilines is 1. The van der Waals surface area contributed by atoms with Crippen molar-refractivity contribution in [2.45, 2.75) is 20.3 Å². The Kier molecular flexibility index (Phi) is 3.44. The van der Waals surface area contributed by atoms with Crippen LogP contribution in [0.2, 0.25) is 0 Å². The molecule has 0 radical (unpaired) electrons. The van der Waals surface area contributed by atoms with E-state index >= 15 is 0 Å². The van der Waals surface area contributed by atoms with Gasteiger partial charge in [-0.1, -0.05) is 35.9 Å². The largest absolute Gasteiger partial charge is 0.308 e. The van der Waals surface area contributed by atoms with Gasteiger partial charge in [0.25, 0.3) is 0 Å². The zero-order valence-electron chi connectivity index (χ0n) is 12.1. The molecule has 21 heavy (non-hydrogen) atoms. The number of aromatic nitrogens is 2. The number of para-hydroxylation sites is 1. The van der Waals surface area contributed by atoms with Gasteiger partial charge < -0.3 is 5.32 Å². The molecule has 0 unspecified atom stereocenters. The van der Waals surface area contributed by atoms with E-state index in [1.165, 1.54) is 0 Å². The molecule has 3 aromatic rings. The molecule has 0 aliphatic carbocycles. The Hall–Kier alpha value is -2.62. The summed E-state index contributed by atoms with van der Waals surface area (Å²) < 4.78 is 0. The van der Waals surface area contributed by atoms with Crippen LogP contribution in [0.15, 0.2) is 42.5 Å². The van der Waals surface area contributed by atoms with Crippen LogP contribution in [0.25, 0.3) is 10.9 Å². The fraction of sp³-hybridized carbons (Fsp3) is 0.176. The third-order valence-electron chi connectivity index (χ3n) is 3.58. The first-order chi connectivity index (χ1) is 10.1. The van der Waals surface area contributed by atoms with Crippen molar-refractivity contribution in [1.82, 2.24) is 10.2 Å². The summed E-state index contributed by atoms with van der Waals surface area (Å²) in [5.41, 5.74) is 4.25. The monoisotopic (exact) mass is 279 g/mol. The Labute approximate surface area is 123 Å². The smallest absolute Gasteiger partial charge is 0.230 e. The molecule has 2 N–H and O–H groups in total. The Bertz CT molecular complexity index is 805. The minimum absolute atomic E-state index is 0.0547. The third kappa shape index (κ3) is 2.79. The number of H-pyrrole nitrogens is 1. The van der Waals surface area contributed by atoms with E-state index in [2.05, 4.69) is 27.6 Å². The molecule has 0 fully saturated rings. The SMILES string of the molecule is Cc1ccc(C)c(CC(=O)Nc2n[nH]c3ccccc23)c1. The number of nitrogens with one attached hydrogen (secondary N) is 2. The van der Waals surface area contributed by atoms with Crippen LogP contribution in [-0.4, -0.2) is 16.1 Å². The minimum atomic E-state index is -0.0547. The molecule has 0 saturated heterocycles. The molecule has 1 aromatic heterocycles. The molecule has 1 heterocycles. The average molecular weight is 279 g/mol. The lowest BCUT2D eigenvalue weighted by Crippen LogP contribution is -2.15. The van der Waals surface area contributed by atoms with E-state index in [0.717, 1.165) is 27.6 Å². The van der Waals surface area contributed by atoms with Crippen molar-refractivity contribution < 1.29 is 4.79 Å². The Morgan fingerprint density at radius 1 is 1.19 bits per heavy atom. The highest BCUT2D eigenvalue weighted by Gasteiger charge is 2.10. The lowest BCUT2D eigenvalue weighted by atomic mass is 10.0. The summed E-state index contributed by atoms with van der Waals surface area (Å²) in [6.45, 7) is 4.05. The maximum absolute atomic E-state index is 12.2. The first kappa shape index (κ1) is 13.4. The number of hydrogen-bond donors (Lipinski definition) is 2. The van der Waals surface area contributed by atoms with Crippen LogP contribution in [-0.2, 0) is 11.2 Å². The average Bonchev–Trinajstić information content (AvgIpc) is 2.86. The second kappa shape index (κ2) is 5.40. The topological polar surface area (TPSA) is 57.8 Å². The first-order valence-electron chi connectivity index (χ1n) is 6.92. The molecule has 0 spiro atoms. The van der Waals surface area contributed by atoms with Gasteiger partial charge in [0.2, 0.25) is 5.91 Å². The van der Waals surface area contributed by atoms with Gasteiger partial charge in [0, 0.05) is 5.39 Å². The van der Waals surface area contributed by atoms with Crippen molar-refractivity contribution in [3.05, 3.63) is 59.2 Å². The number of benzene rings is 2. The molecule has 0 aliphatic rings. The van der Waals surface area contributed by atoms with E-state index in [9.17, 15) is 4.79 Å². The van der Waals surface area contributed by atoms with E-state index in [0.29, 0.717) is 12.2 Å². The van der Waals surface area contributed by atoms with Crippen molar-refractivity contribution in [3.63, 3.8) is 0 Å². The maximum atomic E-state index is 12.2. The molecule has 0 bridgehead atoms. The molecule has 0 aliphatic heterocycles. The van der Waals surface area contributed by atoms with E-state index < -0.39 is 0 Å². The van der Waals surface area contributed by atoms with Gasteiger partial charge >= 0.3 is 0 Å². The number of aryl methyl sites for hydroxylation is 2. The van der Waals surface area contributed by atoms with Crippen LogP contribution >= 0.6 is 0 Å². The van der Waals surface area contributed by atoms with E-state index in [4.69, 9.17) is 0 Å². The summed E-state index contributed by atoms with van der Waals surface area (Å²) in [5.74, 6) is 0.529. The van der Waals surface area contributed by atoms with Gasteiger partial charge in [-0.25, -0.2) is 0 Å². The molecule has 3 rings (SSSR count). The zero-order valence-corrected chi connectivity index (χ0v) is 12.1. The number of amides is 1. The Morgan fingerprint density at radius 3 is 2.86 bits per heavy atom. The number of fused-ring (bicyclic) bond motifs is 1. The number of aromatic amines is 1. The van der Waals surface area contributed by atoms with E-state index in [1.54, 1.807) is 0 Å². The molecule has 4 nitrogen and oxygen atoms in total. The van der Waals surface area contributed by atoms with E-state index in [-0.39, 0.29) is 5.91 Å². The molecule has 0 atom stereocenters. The van der Waals surface area contributed by atoms with Gasteiger partial charge in [-0.3, -0.25) is 9.89 Å². The second-order valence-electron chi connectivity index (χ2n) is 5.27. The lowest BCUT2D eigenvalue weighted by Gasteiger charge is -2.07. The summed E-state index contributed by atoms with van der Waals surface area (Å²) in [6, 6.07) is 13.9. The predicted molar refractivity (Wildman–Crippen MR) is 84.3 cm³/mol. The predicted octanol–water partition coefficient (Wildman–Crippen LogP) is 3.36. The van der Waals surface area contributed by atoms with Crippen molar-refractivity contribution in [2.75, 3.05) is 5.32 Å². The quantitative estimate of drug-likeness (QED) is 0.772. The van der Waals surface area contributed by atoms with Crippen LogP contribution in [0, 0.1) is 13.8 Å². The van der Waals surface area contributed by atoms with Crippen LogP contribution in [0.4, 0.5) is 5.82 Å². The summed E-state index contributed by atoms with van der Waals surface area (Å²) in [7, 11) is 0. The van der Waals surface area contributed by atoms with Crippen molar-refractivity contribution in [2.24, 2.45) is 0 Å². The number of carbonyl (C=O) groups is 1.